The van der Waals surface area contributed by atoms with Crippen LogP contribution in [0, 0.1) is 0 Å². The number of pyridine rings is 1. The Bertz CT molecular complexity index is 729. The van der Waals surface area contributed by atoms with E-state index in [1.165, 1.54) is 5.56 Å². The summed E-state index contributed by atoms with van der Waals surface area (Å²) >= 11 is 0. The summed E-state index contributed by atoms with van der Waals surface area (Å²) < 4.78 is 0. The van der Waals surface area contributed by atoms with Crippen LogP contribution in [0.4, 0.5) is 5.82 Å². The van der Waals surface area contributed by atoms with E-state index in [4.69, 9.17) is 0 Å². The third-order valence-corrected chi connectivity index (χ3v) is 3.69. The second-order valence-electron chi connectivity index (χ2n) is 5.39. The van der Waals surface area contributed by atoms with Crippen LogP contribution in [0.2, 0.25) is 0 Å². The van der Waals surface area contributed by atoms with Gasteiger partial charge in [0.25, 0.3) is 0 Å². The number of nitrogens with zero attached hydrogens (tertiary/aromatic N) is 2. The molecule has 2 N–H and O–H groups in total. The fourth-order valence-corrected chi connectivity index (χ4v) is 2.32. The first-order valence-corrected chi connectivity index (χ1v) is 6.72. The highest BCUT2D eigenvalue weighted by atomic mass is 15.0. The van der Waals surface area contributed by atoms with E-state index >= 15 is 0 Å². The Morgan fingerprint density at radius 3 is 2.45 bits per heavy atom. The van der Waals surface area contributed by atoms with Crippen molar-refractivity contribution >= 4 is 17.0 Å². The Labute approximate surface area is 118 Å². The minimum atomic E-state index is -0.179. The Morgan fingerprint density at radius 2 is 1.75 bits per heavy atom. The van der Waals surface area contributed by atoms with Crippen LogP contribution in [0.15, 0.2) is 42.5 Å². The second kappa shape index (κ2) is 4.63. The van der Waals surface area contributed by atoms with Crippen molar-refractivity contribution in [1.29, 1.82) is 0 Å². The van der Waals surface area contributed by atoms with Crippen LogP contribution in [-0.2, 0) is 5.41 Å². The van der Waals surface area contributed by atoms with Crippen LogP contribution in [0.25, 0.3) is 11.2 Å². The van der Waals surface area contributed by atoms with E-state index in [0.717, 1.165) is 22.8 Å². The van der Waals surface area contributed by atoms with E-state index in [1.54, 1.807) is 0 Å². The Hall–Kier alpha value is -2.36. The number of nitrogens with one attached hydrogen (secondary N) is 2. The summed E-state index contributed by atoms with van der Waals surface area (Å²) in [5, 5.41) is 3.03. The molecule has 20 heavy (non-hydrogen) atoms. The second-order valence-corrected chi connectivity index (χ2v) is 5.39. The minimum absolute atomic E-state index is 0.179. The summed E-state index contributed by atoms with van der Waals surface area (Å²) in [5.74, 6) is 1.76. The highest BCUT2D eigenvalue weighted by Crippen LogP contribution is 2.30. The standard InChI is InChI=1S/C16H18N4/c1-16(2,11-7-5-4-6-8-11)15-18-12-9-10-13(17-3)19-14(12)20-15/h4-10H,1-3H3,(H2,17,18,19,20). The Balaban J connectivity index is 2.10. The molecule has 0 fully saturated rings. The van der Waals surface area contributed by atoms with Gasteiger partial charge in [0, 0.05) is 12.5 Å². The molecule has 0 unspecified atom stereocenters. The average Bonchev–Trinajstić information content (AvgIpc) is 2.91. The number of anilines is 1. The SMILES string of the molecule is CNc1ccc2[nH]c(C(C)(C)c3ccccc3)nc2n1. The lowest BCUT2D eigenvalue weighted by atomic mass is 9.84. The average molecular weight is 266 g/mol. The zero-order valence-corrected chi connectivity index (χ0v) is 11.9. The molecule has 0 aliphatic heterocycles. The van der Waals surface area contributed by atoms with E-state index in [9.17, 15) is 0 Å². The van der Waals surface area contributed by atoms with Crippen molar-refractivity contribution in [3.63, 3.8) is 0 Å². The predicted molar refractivity (Wildman–Crippen MR) is 82.0 cm³/mol. The van der Waals surface area contributed by atoms with Gasteiger partial charge in [0.2, 0.25) is 0 Å². The molecular formula is C16H18N4. The number of aromatic nitrogens is 3. The molecule has 3 rings (SSSR count). The van der Waals surface area contributed by atoms with Gasteiger partial charge in [-0.15, -0.1) is 0 Å². The number of rotatable bonds is 3. The number of H-pyrrole nitrogens is 1. The number of benzene rings is 1. The van der Waals surface area contributed by atoms with E-state index in [2.05, 4.69) is 58.4 Å². The number of hydrogen-bond acceptors (Lipinski definition) is 3. The molecule has 102 valence electrons. The normalized spacial score (nSPS) is 11.8. The van der Waals surface area contributed by atoms with Gasteiger partial charge >= 0.3 is 0 Å². The number of imidazole rings is 1. The van der Waals surface area contributed by atoms with Crippen LogP contribution in [0.5, 0.6) is 0 Å². The molecule has 0 radical (unpaired) electrons. The van der Waals surface area contributed by atoms with Crippen LogP contribution >= 0.6 is 0 Å². The smallest absolute Gasteiger partial charge is 0.179 e. The van der Waals surface area contributed by atoms with Gasteiger partial charge < -0.3 is 10.3 Å². The van der Waals surface area contributed by atoms with Gasteiger partial charge in [-0.25, -0.2) is 9.97 Å². The van der Waals surface area contributed by atoms with Gasteiger partial charge in [0.15, 0.2) is 5.65 Å². The third kappa shape index (κ3) is 2.03. The lowest BCUT2D eigenvalue weighted by molar-refractivity contribution is 0.601. The largest absolute Gasteiger partial charge is 0.373 e. The quantitative estimate of drug-likeness (QED) is 0.764. The van der Waals surface area contributed by atoms with Crippen LogP contribution in [0.3, 0.4) is 0 Å². The van der Waals surface area contributed by atoms with E-state index in [1.807, 2.05) is 25.2 Å². The molecule has 1 aromatic carbocycles. The lowest BCUT2D eigenvalue weighted by Gasteiger charge is -2.22. The van der Waals surface area contributed by atoms with Crippen LogP contribution in [-0.4, -0.2) is 22.0 Å². The summed E-state index contributed by atoms with van der Waals surface area (Å²) in [7, 11) is 1.86. The molecular weight excluding hydrogens is 248 g/mol. The number of fused-ring (bicyclic) bond motifs is 1. The maximum absolute atomic E-state index is 4.66. The van der Waals surface area contributed by atoms with Crippen molar-refractivity contribution in [2.24, 2.45) is 0 Å². The molecule has 2 aromatic heterocycles. The summed E-state index contributed by atoms with van der Waals surface area (Å²) in [5.41, 5.74) is 2.76. The first-order valence-electron chi connectivity index (χ1n) is 6.72. The van der Waals surface area contributed by atoms with Gasteiger partial charge in [-0.05, 0) is 31.5 Å². The van der Waals surface area contributed by atoms with E-state index in [0.29, 0.717) is 0 Å². The van der Waals surface area contributed by atoms with E-state index < -0.39 is 0 Å². The van der Waals surface area contributed by atoms with Crippen LogP contribution < -0.4 is 5.32 Å². The van der Waals surface area contributed by atoms with Gasteiger partial charge in [0.1, 0.15) is 11.6 Å². The zero-order chi connectivity index (χ0) is 14.2. The van der Waals surface area contributed by atoms with Crippen molar-refractivity contribution in [2.45, 2.75) is 19.3 Å². The van der Waals surface area contributed by atoms with Gasteiger partial charge in [-0.2, -0.15) is 0 Å². The fraction of sp³-hybridized carbons (Fsp3) is 0.250. The zero-order valence-electron chi connectivity index (χ0n) is 11.9. The number of hydrogen-bond donors (Lipinski definition) is 2. The summed E-state index contributed by atoms with van der Waals surface area (Å²) in [4.78, 5) is 12.5. The summed E-state index contributed by atoms with van der Waals surface area (Å²) in [6.45, 7) is 4.33. The van der Waals surface area contributed by atoms with Crippen LogP contribution in [0.1, 0.15) is 25.2 Å². The molecule has 4 nitrogen and oxygen atoms in total. The number of aromatic amines is 1. The molecule has 0 saturated heterocycles. The Morgan fingerprint density at radius 1 is 1.00 bits per heavy atom. The van der Waals surface area contributed by atoms with Gasteiger partial charge in [-0.1, -0.05) is 30.3 Å². The third-order valence-electron chi connectivity index (χ3n) is 3.69. The molecule has 0 atom stereocenters. The summed E-state index contributed by atoms with van der Waals surface area (Å²) in [6, 6.07) is 14.3. The molecule has 0 spiro atoms. The highest BCUT2D eigenvalue weighted by molar-refractivity contribution is 5.73. The maximum Gasteiger partial charge on any atom is 0.179 e. The first kappa shape index (κ1) is 12.7. The Kier molecular flexibility index (Phi) is 2.93. The molecule has 0 amide bonds. The summed E-state index contributed by atoms with van der Waals surface area (Å²) in [6.07, 6.45) is 0. The molecule has 4 heteroatoms. The fourth-order valence-electron chi connectivity index (χ4n) is 2.32. The molecule has 0 aliphatic carbocycles. The van der Waals surface area contributed by atoms with E-state index in [-0.39, 0.29) is 5.41 Å². The molecule has 0 saturated carbocycles. The maximum atomic E-state index is 4.66. The minimum Gasteiger partial charge on any atom is -0.373 e. The van der Waals surface area contributed by atoms with Crippen molar-refractivity contribution in [3.05, 3.63) is 53.9 Å². The van der Waals surface area contributed by atoms with Gasteiger partial charge in [0.05, 0.1) is 5.52 Å². The molecule has 3 aromatic rings. The van der Waals surface area contributed by atoms with Crippen molar-refractivity contribution in [3.8, 4) is 0 Å². The topological polar surface area (TPSA) is 53.6 Å². The van der Waals surface area contributed by atoms with Crippen molar-refractivity contribution in [1.82, 2.24) is 15.0 Å². The molecule has 2 heterocycles. The monoisotopic (exact) mass is 266 g/mol. The molecule has 0 aliphatic rings. The first-order chi connectivity index (χ1) is 9.61. The highest BCUT2D eigenvalue weighted by Gasteiger charge is 2.26. The predicted octanol–water partition coefficient (Wildman–Crippen LogP) is 3.33. The molecule has 0 bridgehead atoms. The van der Waals surface area contributed by atoms with Crippen molar-refractivity contribution < 1.29 is 0 Å². The van der Waals surface area contributed by atoms with Crippen molar-refractivity contribution in [2.75, 3.05) is 12.4 Å². The lowest BCUT2D eigenvalue weighted by Crippen LogP contribution is -2.20. The van der Waals surface area contributed by atoms with Gasteiger partial charge in [-0.3, -0.25) is 0 Å².